The van der Waals surface area contributed by atoms with Gasteiger partial charge in [-0.25, -0.2) is 0 Å². The summed E-state index contributed by atoms with van der Waals surface area (Å²) in [6, 6.07) is 7.69. The summed E-state index contributed by atoms with van der Waals surface area (Å²) >= 11 is 0. The molecule has 0 aliphatic heterocycles. The monoisotopic (exact) mass is 279 g/mol. The number of ether oxygens (including phenoxy) is 1. The zero-order valence-corrected chi connectivity index (χ0v) is 12.0. The van der Waals surface area contributed by atoms with Crippen LogP contribution in [-0.4, -0.2) is 31.6 Å². The van der Waals surface area contributed by atoms with Crippen molar-refractivity contribution in [1.29, 1.82) is 0 Å². The van der Waals surface area contributed by atoms with Gasteiger partial charge in [-0.1, -0.05) is 17.7 Å². The lowest BCUT2D eigenvalue weighted by atomic mass is 10.2. The summed E-state index contributed by atoms with van der Waals surface area (Å²) in [5, 5.41) is 2.96. The molecule has 0 aliphatic rings. The molecule has 2 amide bonds. The number of methoxy groups -OCH3 is 1. The minimum absolute atomic E-state index is 0.0865. The molecule has 1 unspecified atom stereocenters. The maximum absolute atomic E-state index is 11.5. The average molecular weight is 279 g/mol. The van der Waals surface area contributed by atoms with Crippen LogP contribution in [0.1, 0.15) is 18.9 Å². The number of anilines is 1. The Morgan fingerprint density at radius 1 is 1.15 bits per heavy atom. The van der Waals surface area contributed by atoms with Crippen LogP contribution in [-0.2, 0) is 14.3 Å². The molecule has 0 aromatic heterocycles. The summed E-state index contributed by atoms with van der Waals surface area (Å²) in [6.07, 6.45) is 0.0138. The molecule has 1 aromatic rings. The fraction of sp³-hybridized carbons (Fsp3) is 0.429. The predicted molar refractivity (Wildman–Crippen MR) is 77.0 cm³/mol. The molecule has 6 nitrogen and oxygen atoms in total. The molecule has 0 radical (unpaired) electrons. The molecule has 0 fully saturated rings. The number of aryl methyl sites for hydroxylation is 1. The lowest BCUT2D eigenvalue weighted by Gasteiger charge is -2.11. The van der Waals surface area contributed by atoms with Gasteiger partial charge in [0.25, 0.3) is 5.91 Å². The molecule has 110 valence electrons. The van der Waals surface area contributed by atoms with E-state index in [-0.39, 0.29) is 30.9 Å². The summed E-state index contributed by atoms with van der Waals surface area (Å²) in [6.45, 7) is 3.86. The maximum Gasteiger partial charge on any atom is 0.257 e. The standard InChI is InChI=1S/C14H21N3O3/c1-10-4-6-12(7-5-10)15-9-14(19)17-16-13(18)8-11(2)20-3/h4-7,11,15H,8-9H2,1-3H3,(H,16,18)(H,17,19). The van der Waals surface area contributed by atoms with Crippen LogP contribution in [0.15, 0.2) is 24.3 Å². The molecule has 1 rings (SSSR count). The van der Waals surface area contributed by atoms with Gasteiger partial charge in [0.2, 0.25) is 5.91 Å². The third-order valence-corrected chi connectivity index (χ3v) is 2.72. The van der Waals surface area contributed by atoms with Gasteiger partial charge in [-0.3, -0.25) is 20.4 Å². The Morgan fingerprint density at radius 3 is 2.35 bits per heavy atom. The zero-order chi connectivity index (χ0) is 15.0. The van der Waals surface area contributed by atoms with Gasteiger partial charge in [0.15, 0.2) is 0 Å². The first-order valence-corrected chi connectivity index (χ1v) is 6.42. The molecule has 20 heavy (non-hydrogen) atoms. The van der Waals surface area contributed by atoms with E-state index in [1.54, 1.807) is 6.92 Å². The van der Waals surface area contributed by atoms with Gasteiger partial charge in [-0.15, -0.1) is 0 Å². The van der Waals surface area contributed by atoms with Crippen LogP contribution >= 0.6 is 0 Å². The van der Waals surface area contributed by atoms with E-state index in [9.17, 15) is 9.59 Å². The van der Waals surface area contributed by atoms with Crippen LogP contribution in [0.25, 0.3) is 0 Å². The Balaban J connectivity index is 2.23. The van der Waals surface area contributed by atoms with Crippen molar-refractivity contribution < 1.29 is 14.3 Å². The molecular formula is C14H21N3O3. The van der Waals surface area contributed by atoms with Gasteiger partial charge in [0.1, 0.15) is 0 Å². The van der Waals surface area contributed by atoms with E-state index in [2.05, 4.69) is 16.2 Å². The number of carbonyl (C=O) groups is 2. The summed E-state index contributed by atoms with van der Waals surface area (Å²) in [5.74, 6) is -0.605. The molecule has 0 saturated carbocycles. The van der Waals surface area contributed by atoms with Gasteiger partial charge in [0.05, 0.1) is 19.1 Å². The van der Waals surface area contributed by atoms with Crippen molar-refractivity contribution in [3.63, 3.8) is 0 Å². The smallest absolute Gasteiger partial charge is 0.257 e. The van der Waals surface area contributed by atoms with E-state index in [1.807, 2.05) is 31.2 Å². The first-order chi connectivity index (χ1) is 9.51. The number of hydrogen-bond donors (Lipinski definition) is 3. The minimum Gasteiger partial charge on any atom is -0.381 e. The number of carbonyl (C=O) groups excluding carboxylic acids is 2. The molecule has 6 heteroatoms. The molecule has 3 N–H and O–H groups in total. The number of hydrogen-bond acceptors (Lipinski definition) is 4. The second kappa shape index (κ2) is 8.16. The summed E-state index contributed by atoms with van der Waals surface area (Å²) in [7, 11) is 1.53. The Hall–Kier alpha value is -2.08. The summed E-state index contributed by atoms with van der Waals surface area (Å²) in [4.78, 5) is 22.9. The lowest BCUT2D eigenvalue weighted by Crippen LogP contribution is -2.44. The number of amides is 2. The highest BCUT2D eigenvalue weighted by atomic mass is 16.5. The molecule has 0 heterocycles. The fourth-order valence-electron chi connectivity index (χ4n) is 1.43. The second-order valence-electron chi connectivity index (χ2n) is 4.57. The van der Waals surface area contributed by atoms with Crippen LogP contribution in [0.4, 0.5) is 5.69 Å². The van der Waals surface area contributed by atoms with Crippen LogP contribution in [0.3, 0.4) is 0 Å². The molecule has 0 aliphatic carbocycles. The summed E-state index contributed by atoms with van der Waals surface area (Å²) < 4.78 is 4.96. The molecular weight excluding hydrogens is 258 g/mol. The number of hydrazine groups is 1. The Morgan fingerprint density at radius 2 is 1.75 bits per heavy atom. The van der Waals surface area contributed by atoms with E-state index in [4.69, 9.17) is 4.74 Å². The lowest BCUT2D eigenvalue weighted by molar-refractivity contribution is -0.129. The molecule has 0 saturated heterocycles. The highest BCUT2D eigenvalue weighted by molar-refractivity contribution is 5.84. The molecule has 0 bridgehead atoms. The topological polar surface area (TPSA) is 79.5 Å². The summed E-state index contributed by atoms with van der Waals surface area (Å²) in [5.41, 5.74) is 6.68. The van der Waals surface area contributed by atoms with Gasteiger partial charge in [-0.2, -0.15) is 0 Å². The van der Waals surface area contributed by atoms with Crippen molar-refractivity contribution in [2.24, 2.45) is 0 Å². The van der Waals surface area contributed by atoms with Crippen molar-refractivity contribution in [3.05, 3.63) is 29.8 Å². The fourth-order valence-corrected chi connectivity index (χ4v) is 1.43. The van der Waals surface area contributed by atoms with Crippen LogP contribution in [0, 0.1) is 6.92 Å². The molecule has 1 aromatic carbocycles. The third kappa shape index (κ3) is 6.19. The van der Waals surface area contributed by atoms with Gasteiger partial charge >= 0.3 is 0 Å². The average Bonchev–Trinajstić information content (AvgIpc) is 2.44. The van der Waals surface area contributed by atoms with E-state index >= 15 is 0 Å². The van der Waals surface area contributed by atoms with Gasteiger partial charge in [-0.05, 0) is 26.0 Å². The highest BCUT2D eigenvalue weighted by Gasteiger charge is 2.08. The van der Waals surface area contributed by atoms with Crippen molar-refractivity contribution in [3.8, 4) is 0 Å². The SMILES string of the molecule is COC(C)CC(=O)NNC(=O)CNc1ccc(C)cc1. The molecule has 1 atom stereocenters. The largest absolute Gasteiger partial charge is 0.381 e. The van der Waals surface area contributed by atoms with Crippen molar-refractivity contribution >= 4 is 17.5 Å². The first kappa shape index (κ1) is 16.0. The Labute approximate surface area is 118 Å². The van der Waals surface area contributed by atoms with Crippen LogP contribution in [0.2, 0.25) is 0 Å². The van der Waals surface area contributed by atoms with E-state index in [1.165, 1.54) is 7.11 Å². The van der Waals surface area contributed by atoms with Crippen LogP contribution < -0.4 is 16.2 Å². The van der Waals surface area contributed by atoms with E-state index in [0.717, 1.165) is 11.3 Å². The van der Waals surface area contributed by atoms with E-state index in [0.29, 0.717) is 0 Å². The van der Waals surface area contributed by atoms with Gasteiger partial charge in [0, 0.05) is 12.8 Å². The Kier molecular flexibility index (Phi) is 6.52. The third-order valence-electron chi connectivity index (χ3n) is 2.72. The maximum atomic E-state index is 11.5. The van der Waals surface area contributed by atoms with E-state index < -0.39 is 0 Å². The van der Waals surface area contributed by atoms with Crippen molar-refractivity contribution in [2.75, 3.05) is 19.0 Å². The normalized spacial score (nSPS) is 11.6. The number of benzene rings is 1. The first-order valence-electron chi connectivity index (χ1n) is 6.42. The van der Waals surface area contributed by atoms with Gasteiger partial charge < -0.3 is 10.1 Å². The molecule has 0 spiro atoms. The quantitative estimate of drug-likeness (QED) is 0.678. The predicted octanol–water partition coefficient (Wildman–Crippen LogP) is 0.979. The second-order valence-corrected chi connectivity index (χ2v) is 4.57. The number of nitrogens with one attached hydrogen (secondary N) is 3. The van der Waals surface area contributed by atoms with Crippen molar-refractivity contribution in [2.45, 2.75) is 26.4 Å². The van der Waals surface area contributed by atoms with Crippen molar-refractivity contribution in [1.82, 2.24) is 10.9 Å². The highest BCUT2D eigenvalue weighted by Crippen LogP contribution is 2.07. The Bertz CT molecular complexity index is 445. The van der Waals surface area contributed by atoms with Crippen LogP contribution in [0.5, 0.6) is 0 Å². The zero-order valence-electron chi connectivity index (χ0n) is 12.0. The number of rotatable bonds is 6. The minimum atomic E-state index is -0.316.